The second-order valence-electron chi connectivity index (χ2n) is 4.07. The van der Waals surface area contributed by atoms with Crippen molar-refractivity contribution in [3.8, 4) is 0 Å². The predicted molar refractivity (Wildman–Crippen MR) is 67.2 cm³/mol. The highest BCUT2D eigenvalue weighted by Gasteiger charge is 2.16. The minimum Gasteiger partial charge on any atom is -0.398 e. The molecule has 1 aromatic rings. The zero-order valence-corrected chi connectivity index (χ0v) is 10.7. The minimum absolute atomic E-state index is 0.189. The first-order chi connectivity index (χ1) is 7.47. The number of anilines is 1. The molecule has 90 valence electrons. The largest absolute Gasteiger partial charge is 0.398 e. The number of benzene rings is 1. The van der Waals surface area contributed by atoms with E-state index in [4.69, 9.17) is 5.73 Å². The number of hydrogen-bond acceptors (Lipinski definition) is 3. The van der Waals surface area contributed by atoms with Crippen molar-refractivity contribution in [2.75, 3.05) is 11.5 Å². The Morgan fingerprint density at radius 2 is 1.94 bits per heavy atom. The summed E-state index contributed by atoms with van der Waals surface area (Å²) in [6.45, 7) is 3.94. The first kappa shape index (κ1) is 13.0. The molecular formula is C12H19NO2S. The fourth-order valence-electron chi connectivity index (χ4n) is 1.60. The van der Waals surface area contributed by atoms with E-state index in [-0.39, 0.29) is 10.6 Å². The van der Waals surface area contributed by atoms with Crippen molar-refractivity contribution in [2.24, 2.45) is 0 Å². The van der Waals surface area contributed by atoms with Crippen LogP contribution in [0.1, 0.15) is 31.7 Å². The van der Waals surface area contributed by atoms with Crippen LogP contribution in [0.15, 0.2) is 23.1 Å². The van der Waals surface area contributed by atoms with Gasteiger partial charge in [0.1, 0.15) is 0 Å². The zero-order valence-electron chi connectivity index (χ0n) is 9.86. The highest BCUT2D eigenvalue weighted by atomic mass is 32.2. The Morgan fingerprint density at radius 3 is 2.50 bits per heavy atom. The van der Waals surface area contributed by atoms with Gasteiger partial charge in [-0.1, -0.05) is 25.8 Å². The van der Waals surface area contributed by atoms with Crippen molar-refractivity contribution in [1.82, 2.24) is 0 Å². The summed E-state index contributed by atoms with van der Waals surface area (Å²) in [7, 11) is -3.20. The van der Waals surface area contributed by atoms with Crippen molar-refractivity contribution in [1.29, 1.82) is 0 Å². The van der Waals surface area contributed by atoms with Gasteiger partial charge in [-0.25, -0.2) is 8.42 Å². The van der Waals surface area contributed by atoms with Crippen LogP contribution in [-0.2, 0) is 9.84 Å². The fourth-order valence-corrected chi connectivity index (χ4v) is 3.10. The summed E-state index contributed by atoms with van der Waals surface area (Å²) in [6, 6.07) is 5.09. The number of unbranched alkanes of at least 4 members (excludes halogenated alkanes) is 2. The lowest BCUT2D eigenvalue weighted by Gasteiger charge is -2.07. The standard InChI is InChI=1S/C12H19NO2S/c1-3-4-5-8-16(14,15)12-7-6-10(2)9-11(12)13/h6-7,9H,3-5,8,13H2,1-2H3. The van der Waals surface area contributed by atoms with Gasteiger partial charge in [-0.05, 0) is 31.0 Å². The third-order valence-electron chi connectivity index (χ3n) is 2.52. The van der Waals surface area contributed by atoms with Crippen LogP contribution in [0, 0.1) is 6.92 Å². The van der Waals surface area contributed by atoms with Crippen LogP contribution in [-0.4, -0.2) is 14.2 Å². The van der Waals surface area contributed by atoms with Gasteiger partial charge in [0.15, 0.2) is 9.84 Å². The number of rotatable bonds is 5. The molecule has 4 heteroatoms. The maximum absolute atomic E-state index is 12.0. The van der Waals surface area contributed by atoms with Gasteiger partial charge in [0.25, 0.3) is 0 Å². The topological polar surface area (TPSA) is 60.2 Å². The highest BCUT2D eigenvalue weighted by Crippen LogP contribution is 2.21. The molecule has 1 rings (SSSR count). The second-order valence-corrected chi connectivity index (χ2v) is 6.14. The molecule has 0 fully saturated rings. The first-order valence-corrected chi connectivity index (χ1v) is 7.21. The summed E-state index contributed by atoms with van der Waals surface area (Å²) < 4.78 is 23.9. The van der Waals surface area contributed by atoms with Crippen LogP contribution < -0.4 is 5.73 Å². The second kappa shape index (κ2) is 5.34. The predicted octanol–water partition coefficient (Wildman–Crippen LogP) is 2.54. The fraction of sp³-hybridized carbons (Fsp3) is 0.500. The monoisotopic (exact) mass is 241 g/mol. The van der Waals surface area contributed by atoms with Gasteiger partial charge in [0.2, 0.25) is 0 Å². The molecule has 0 atom stereocenters. The third-order valence-corrected chi connectivity index (χ3v) is 4.39. The average molecular weight is 241 g/mol. The molecule has 16 heavy (non-hydrogen) atoms. The van der Waals surface area contributed by atoms with Crippen LogP contribution >= 0.6 is 0 Å². The van der Waals surface area contributed by atoms with Crippen LogP contribution in [0.2, 0.25) is 0 Å². The number of nitrogen functional groups attached to an aromatic ring is 1. The molecule has 0 aliphatic carbocycles. The van der Waals surface area contributed by atoms with Crippen LogP contribution in [0.3, 0.4) is 0 Å². The molecule has 0 saturated carbocycles. The van der Waals surface area contributed by atoms with E-state index >= 15 is 0 Å². The Kier molecular flexibility index (Phi) is 4.35. The van der Waals surface area contributed by atoms with Gasteiger partial charge in [-0.2, -0.15) is 0 Å². The lowest BCUT2D eigenvalue weighted by atomic mass is 10.2. The van der Waals surface area contributed by atoms with Crippen molar-refractivity contribution < 1.29 is 8.42 Å². The van der Waals surface area contributed by atoms with E-state index < -0.39 is 9.84 Å². The molecule has 0 radical (unpaired) electrons. The van der Waals surface area contributed by atoms with Gasteiger partial charge >= 0.3 is 0 Å². The van der Waals surface area contributed by atoms with Gasteiger partial charge in [0.05, 0.1) is 16.3 Å². The Balaban J connectivity index is 2.90. The Bertz CT molecular complexity index is 452. The van der Waals surface area contributed by atoms with Crippen molar-refractivity contribution in [3.63, 3.8) is 0 Å². The average Bonchev–Trinajstić information content (AvgIpc) is 2.17. The maximum Gasteiger partial charge on any atom is 0.180 e. The number of aryl methyl sites for hydroxylation is 1. The summed E-state index contributed by atoms with van der Waals surface area (Å²) in [6.07, 6.45) is 2.65. The molecule has 1 aromatic carbocycles. The SMILES string of the molecule is CCCCCS(=O)(=O)c1ccc(C)cc1N. The molecule has 0 spiro atoms. The number of sulfone groups is 1. The Labute approximate surface area is 97.6 Å². The zero-order chi connectivity index (χ0) is 12.2. The minimum atomic E-state index is -3.20. The molecule has 2 N–H and O–H groups in total. The smallest absolute Gasteiger partial charge is 0.180 e. The highest BCUT2D eigenvalue weighted by molar-refractivity contribution is 7.91. The van der Waals surface area contributed by atoms with Crippen LogP contribution in [0.4, 0.5) is 5.69 Å². The first-order valence-electron chi connectivity index (χ1n) is 5.56. The van der Waals surface area contributed by atoms with Gasteiger partial charge < -0.3 is 5.73 Å². The van der Waals surface area contributed by atoms with Gasteiger partial charge in [0, 0.05) is 0 Å². The quantitative estimate of drug-likeness (QED) is 0.636. The normalized spacial score (nSPS) is 11.6. The summed E-state index contributed by atoms with van der Waals surface area (Å²) in [4.78, 5) is 0.272. The van der Waals surface area contributed by atoms with Crippen LogP contribution in [0.5, 0.6) is 0 Å². The molecule has 0 aliphatic rings. The van der Waals surface area contributed by atoms with E-state index in [0.29, 0.717) is 12.1 Å². The number of hydrogen-bond donors (Lipinski definition) is 1. The van der Waals surface area contributed by atoms with Crippen molar-refractivity contribution in [3.05, 3.63) is 23.8 Å². The van der Waals surface area contributed by atoms with Gasteiger partial charge in [-0.3, -0.25) is 0 Å². The molecule has 0 unspecified atom stereocenters. The van der Waals surface area contributed by atoms with Crippen molar-refractivity contribution >= 4 is 15.5 Å². The Morgan fingerprint density at radius 1 is 1.25 bits per heavy atom. The summed E-state index contributed by atoms with van der Waals surface area (Å²) in [5.74, 6) is 0.189. The molecule has 0 bridgehead atoms. The molecular weight excluding hydrogens is 222 g/mol. The molecule has 0 aromatic heterocycles. The summed E-state index contributed by atoms with van der Waals surface area (Å²) >= 11 is 0. The van der Waals surface area contributed by atoms with Gasteiger partial charge in [-0.15, -0.1) is 0 Å². The van der Waals surface area contributed by atoms with E-state index in [9.17, 15) is 8.42 Å². The third kappa shape index (κ3) is 3.23. The molecule has 3 nitrogen and oxygen atoms in total. The molecule has 0 heterocycles. The van der Waals surface area contributed by atoms with E-state index in [1.165, 1.54) is 0 Å². The van der Waals surface area contributed by atoms with Crippen LogP contribution in [0.25, 0.3) is 0 Å². The summed E-state index contributed by atoms with van der Waals surface area (Å²) in [5.41, 5.74) is 7.07. The molecule has 0 aliphatic heterocycles. The van der Waals surface area contributed by atoms with E-state index in [2.05, 4.69) is 0 Å². The maximum atomic E-state index is 12.0. The lowest BCUT2D eigenvalue weighted by molar-refractivity contribution is 0.591. The van der Waals surface area contributed by atoms with E-state index in [1.807, 2.05) is 13.8 Å². The van der Waals surface area contributed by atoms with E-state index in [0.717, 1.165) is 18.4 Å². The Hall–Kier alpha value is -1.03. The molecule has 0 amide bonds. The summed E-state index contributed by atoms with van der Waals surface area (Å²) in [5, 5.41) is 0. The van der Waals surface area contributed by atoms with Crippen molar-refractivity contribution in [2.45, 2.75) is 38.0 Å². The van der Waals surface area contributed by atoms with E-state index in [1.54, 1.807) is 18.2 Å². The lowest BCUT2D eigenvalue weighted by Crippen LogP contribution is -2.09. The number of nitrogens with two attached hydrogens (primary N) is 1. The molecule has 0 saturated heterocycles.